The molecular formula is C23H22O3. The van der Waals surface area contributed by atoms with Crippen molar-refractivity contribution in [1.29, 1.82) is 0 Å². The highest BCUT2D eigenvalue weighted by molar-refractivity contribution is 5.71. The van der Waals surface area contributed by atoms with E-state index >= 15 is 0 Å². The van der Waals surface area contributed by atoms with Gasteiger partial charge in [-0.3, -0.25) is 4.79 Å². The van der Waals surface area contributed by atoms with Crippen LogP contribution in [0.3, 0.4) is 0 Å². The van der Waals surface area contributed by atoms with Gasteiger partial charge in [0.2, 0.25) is 0 Å². The van der Waals surface area contributed by atoms with Crippen molar-refractivity contribution < 1.29 is 14.6 Å². The van der Waals surface area contributed by atoms with E-state index in [9.17, 15) is 9.90 Å². The number of hydrogen-bond acceptors (Lipinski definition) is 3. The van der Waals surface area contributed by atoms with Gasteiger partial charge in [0.25, 0.3) is 0 Å². The maximum Gasteiger partial charge on any atom is 0.306 e. The van der Waals surface area contributed by atoms with Crippen LogP contribution in [-0.4, -0.2) is 17.7 Å². The van der Waals surface area contributed by atoms with E-state index in [1.165, 1.54) is 0 Å². The van der Waals surface area contributed by atoms with Crippen LogP contribution in [0, 0.1) is 0 Å². The first-order chi connectivity index (χ1) is 12.7. The highest BCUT2D eigenvalue weighted by atomic mass is 16.5. The molecule has 0 aliphatic rings. The van der Waals surface area contributed by atoms with Crippen LogP contribution in [-0.2, 0) is 16.0 Å². The van der Waals surface area contributed by atoms with Crippen LogP contribution in [0.15, 0.2) is 84.9 Å². The number of carbonyl (C=O) groups is 1. The van der Waals surface area contributed by atoms with E-state index in [2.05, 4.69) is 0 Å². The number of carbonyl (C=O) groups excluding carboxylic acids is 1. The minimum atomic E-state index is -0.266. The van der Waals surface area contributed by atoms with Gasteiger partial charge in [0.05, 0.1) is 13.0 Å². The molecule has 0 amide bonds. The summed E-state index contributed by atoms with van der Waals surface area (Å²) in [5.74, 6) is -0.307. The van der Waals surface area contributed by atoms with Gasteiger partial charge in [-0.1, -0.05) is 78.9 Å². The minimum Gasteiger partial charge on any atom is -0.508 e. The predicted molar refractivity (Wildman–Crippen MR) is 102 cm³/mol. The molecule has 132 valence electrons. The van der Waals surface area contributed by atoms with Crippen molar-refractivity contribution in [1.82, 2.24) is 0 Å². The van der Waals surface area contributed by atoms with E-state index in [0.29, 0.717) is 13.0 Å². The van der Waals surface area contributed by atoms with E-state index in [-0.39, 0.29) is 24.1 Å². The zero-order valence-corrected chi connectivity index (χ0v) is 14.5. The number of rotatable bonds is 7. The van der Waals surface area contributed by atoms with Crippen molar-refractivity contribution in [3.63, 3.8) is 0 Å². The largest absolute Gasteiger partial charge is 0.508 e. The highest BCUT2D eigenvalue weighted by Crippen LogP contribution is 2.33. The van der Waals surface area contributed by atoms with Crippen LogP contribution in [0.4, 0.5) is 0 Å². The molecule has 0 heterocycles. The van der Waals surface area contributed by atoms with Gasteiger partial charge >= 0.3 is 5.97 Å². The lowest BCUT2D eigenvalue weighted by molar-refractivity contribution is -0.143. The van der Waals surface area contributed by atoms with E-state index in [1.54, 1.807) is 12.1 Å². The van der Waals surface area contributed by atoms with Crippen molar-refractivity contribution in [3.05, 3.63) is 102 Å². The summed E-state index contributed by atoms with van der Waals surface area (Å²) in [6.45, 7) is 0.352. The summed E-state index contributed by atoms with van der Waals surface area (Å²) in [6, 6.07) is 26.8. The Morgan fingerprint density at radius 3 is 2.15 bits per heavy atom. The molecule has 0 saturated carbocycles. The Morgan fingerprint density at radius 1 is 0.846 bits per heavy atom. The maximum absolute atomic E-state index is 12.4. The fourth-order valence-electron chi connectivity index (χ4n) is 3.03. The average Bonchev–Trinajstić information content (AvgIpc) is 2.68. The Hall–Kier alpha value is -3.07. The molecule has 0 saturated heterocycles. The van der Waals surface area contributed by atoms with Gasteiger partial charge < -0.3 is 9.84 Å². The minimum absolute atomic E-state index is 0.191. The number of phenolic OH excluding ortho intramolecular Hbond substituents is 1. The SMILES string of the molecule is O=C(CC(c1ccccc1)c1ccccc1O)OCCc1ccccc1. The number of ether oxygens (including phenoxy) is 1. The number of esters is 1. The van der Waals surface area contributed by atoms with Crippen LogP contribution in [0.5, 0.6) is 5.75 Å². The Labute approximate surface area is 153 Å². The molecule has 1 N–H and O–H groups in total. The molecule has 0 fully saturated rings. The van der Waals surface area contributed by atoms with Crippen molar-refractivity contribution in [2.75, 3.05) is 6.61 Å². The van der Waals surface area contributed by atoms with Crippen molar-refractivity contribution in [2.45, 2.75) is 18.8 Å². The molecule has 1 atom stereocenters. The molecule has 0 radical (unpaired) electrons. The average molecular weight is 346 g/mol. The Balaban J connectivity index is 1.68. The molecule has 0 aromatic heterocycles. The van der Waals surface area contributed by atoms with Gasteiger partial charge in [-0.15, -0.1) is 0 Å². The van der Waals surface area contributed by atoms with E-state index in [1.807, 2.05) is 72.8 Å². The monoisotopic (exact) mass is 346 g/mol. The molecule has 0 bridgehead atoms. The fourth-order valence-corrected chi connectivity index (χ4v) is 3.03. The standard InChI is InChI=1S/C23H22O3/c24-22-14-8-7-13-20(22)21(19-11-5-2-6-12-19)17-23(25)26-16-15-18-9-3-1-4-10-18/h1-14,21,24H,15-17H2. The molecule has 26 heavy (non-hydrogen) atoms. The molecule has 3 aromatic rings. The lowest BCUT2D eigenvalue weighted by atomic mass is 9.88. The quantitative estimate of drug-likeness (QED) is 0.631. The van der Waals surface area contributed by atoms with E-state index in [0.717, 1.165) is 16.7 Å². The molecule has 3 heteroatoms. The van der Waals surface area contributed by atoms with Gasteiger partial charge in [0.1, 0.15) is 5.75 Å². The second-order valence-electron chi connectivity index (χ2n) is 6.18. The summed E-state index contributed by atoms with van der Waals surface area (Å²) in [4.78, 5) is 12.4. The number of benzene rings is 3. The molecule has 3 rings (SSSR count). The van der Waals surface area contributed by atoms with Crippen molar-refractivity contribution in [3.8, 4) is 5.75 Å². The molecule has 3 nitrogen and oxygen atoms in total. The number of hydrogen-bond donors (Lipinski definition) is 1. The highest BCUT2D eigenvalue weighted by Gasteiger charge is 2.21. The zero-order valence-electron chi connectivity index (χ0n) is 14.5. The van der Waals surface area contributed by atoms with E-state index < -0.39 is 0 Å². The van der Waals surface area contributed by atoms with Crippen molar-refractivity contribution in [2.24, 2.45) is 0 Å². The Kier molecular flexibility index (Phi) is 6.05. The topological polar surface area (TPSA) is 46.5 Å². The number of aromatic hydroxyl groups is 1. The summed E-state index contributed by atoms with van der Waals surface area (Å²) in [7, 11) is 0. The van der Waals surface area contributed by atoms with Gasteiger partial charge in [-0.2, -0.15) is 0 Å². The molecule has 0 spiro atoms. The van der Waals surface area contributed by atoms with Crippen LogP contribution in [0.25, 0.3) is 0 Å². The summed E-state index contributed by atoms with van der Waals surface area (Å²) >= 11 is 0. The van der Waals surface area contributed by atoms with E-state index in [4.69, 9.17) is 4.74 Å². The first-order valence-electron chi connectivity index (χ1n) is 8.76. The van der Waals surface area contributed by atoms with Gasteiger partial charge in [0, 0.05) is 17.9 Å². The normalized spacial score (nSPS) is 11.7. The lowest BCUT2D eigenvalue weighted by Crippen LogP contribution is -2.13. The fraction of sp³-hybridized carbons (Fsp3) is 0.174. The number of para-hydroxylation sites is 1. The smallest absolute Gasteiger partial charge is 0.306 e. The first-order valence-corrected chi connectivity index (χ1v) is 8.76. The summed E-state index contributed by atoms with van der Waals surface area (Å²) in [6.07, 6.45) is 0.884. The van der Waals surface area contributed by atoms with Gasteiger partial charge in [0.15, 0.2) is 0 Å². The summed E-state index contributed by atoms with van der Waals surface area (Å²) in [5, 5.41) is 10.2. The molecule has 0 aliphatic heterocycles. The molecule has 1 unspecified atom stereocenters. The summed E-state index contributed by atoms with van der Waals surface area (Å²) in [5.41, 5.74) is 2.85. The predicted octanol–water partition coefficient (Wildman–Crippen LogP) is 4.70. The lowest BCUT2D eigenvalue weighted by Gasteiger charge is -2.18. The van der Waals surface area contributed by atoms with Gasteiger partial charge in [-0.05, 0) is 17.2 Å². The van der Waals surface area contributed by atoms with Gasteiger partial charge in [-0.25, -0.2) is 0 Å². The maximum atomic E-state index is 12.4. The first kappa shape index (κ1) is 17.7. The van der Waals surface area contributed by atoms with Crippen LogP contribution >= 0.6 is 0 Å². The third kappa shape index (κ3) is 4.73. The zero-order chi connectivity index (χ0) is 18.2. The molecule has 0 aliphatic carbocycles. The second kappa shape index (κ2) is 8.86. The van der Waals surface area contributed by atoms with Crippen LogP contribution < -0.4 is 0 Å². The second-order valence-corrected chi connectivity index (χ2v) is 6.18. The third-order valence-corrected chi connectivity index (χ3v) is 4.38. The van der Waals surface area contributed by atoms with Crippen LogP contribution in [0.1, 0.15) is 29.0 Å². The third-order valence-electron chi connectivity index (χ3n) is 4.38. The molecule has 3 aromatic carbocycles. The summed E-state index contributed by atoms with van der Waals surface area (Å²) < 4.78 is 5.44. The number of phenols is 1. The van der Waals surface area contributed by atoms with Crippen LogP contribution in [0.2, 0.25) is 0 Å². The molecular weight excluding hydrogens is 324 g/mol. The Morgan fingerprint density at radius 2 is 1.46 bits per heavy atom. The Bertz CT molecular complexity index is 828. The van der Waals surface area contributed by atoms with Crippen molar-refractivity contribution >= 4 is 5.97 Å².